The number of hydrogen-bond acceptors (Lipinski definition) is 3. The zero-order valence-corrected chi connectivity index (χ0v) is 14.0. The van der Waals surface area contributed by atoms with Crippen molar-refractivity contribution in [1.82, 2.24) is 0 Å². The molecule has 0 saturated heterocycles. The molecule has 1 N–H and O–H groups in total. The Morgan fingerprint density at radius 1 is 0.955 bits per heavy atom. The highest BCUT2D eigenvalue weighted by atomic mass is 35.5. The molecule has 0 spiro atoms. The van der Waals surface area contributed by atoms with E-state index in [-0.39, 0.29) is 15.6 Å². The van der Waals surface area contributed by atoms with Gasteiger partial charge in [0.15, 0.2) is 0 Å². The number of hydrogen-bond donors (Lipinski definition) is 1. The molecule has 2 rings (SSSR count). The number of halogens is 3. The maximum absolute atomic E-state index is 12.4. The van der Waals surface area contributed by atoms with Crippen LogP contribution >= 0.6 is 34.8 Å². The van der Waals surface area contributed by atoms with Gasteiger partial charge in [-0.15, -0.1) is 0 Å². The molecule has 0 aliphatic carbocycles. The van der Waals surface area contributed by atoms with Crippen molar-refractivity contribution in [1.29, 1.82) is 0 Å². The van der Waals surface area contributed by atoms with Crippen LogP contribution in [0.4, 0.5) is 5.69 Å². The van der Waals surface area contributed by atoms with E-state index >= 15 is 0 Å². The summed E-state index contributed by atoms with van der Waals surface area (Å²) < 4.78 is 10.3. The Kier molecular flexibility index (Phi) is 5.40. The predicted octanol–water partition coefficient (Wildman–Crippen LogP) is 4.92. The molecule has 0 fully saturated rings. The van der Waals surface area contributed by atoms with Gasteiger partial charge < -0.3 is 14.8 Å². The first-order chi connectivity index (χ1) is 10.5. The number of amides is 1. The molecule has 0 heterocycles. The van der Waals surface area contributed by atoms with Gasteiger partial charge in [-0.05, 0) is 18.2 Å². The molecule has 0 radical (unpaired) electrons. The van der Waals surface area contributed by atoms with Gasteiger partial charge in [0.25, 0.3) is 5.91 Å². The SMILES string of the molecule is COc1cc(OC)c(NC(=O)c2c(Cl)cccc2Cl)cc1Cl. The summed E-state index contributed by atoms with van der Waals surface area (Å²) in [5, 5.41) is 3.52. The van der Waals surface area contributed by atoms with E-state index in [9.17, 15) is 4.79 Å². The van der Waals surface area contributed by atoms with Crippen LogP contribution < -0.4 is 14.8 Å². The Hall–Kier alpha value is -1.62. The van der Waals surface area contributed by atoms with Crippen LogP contribution in [0.3, 0.4) is 0 Å². The van der Waals surface area contributed by atoms with E-state index in [0.29, 0.717) is 22.2 Å². The second-order valence-electron chi connectivity index (χ2n) is 4.24. The molecule has 7 heteroatoms. The zero-order valence-electron chi connectivity index (χ0n) is 11.7. The number of methoxy groups -OCH3 is 2. The summed E-state index contributed by atoms with van der Waals surface area (Å²) in [5.41, 5.74) is 0.564. The fraction of sp³-hybridized carbons (Fsp3) is 0.133. The van der Waals surface area contributed by atoms with Gasteiger partial charge in [-0.3, -0.25) is 4.79 Å². The maximum atomic E-state index is 12.4. The van der Waals surface area contributed by atoms with Crippen molar-refractivity contribution in [3.05, 3.63) is 51.0 Å². The van der Waals surface area contributed by atoms with Crippen LogP contribution in [-0.2, 0) is 0 Å². The highest BCUT2D eigenvalue weighted by Crippen LogP contribution is 2.36. The van der Waals surface area contributed by atoms with Crippen molar-refractivity contribution in [2.24, 2.45) is 0 Å². The van der Waals surface area contributed by atoms with Crippen LogP contribution in [0.25, 0.3) is 0 Å². The van der Waals surface area contributed by atoms with Crippen LogP contribution in [0, 0.1) is 0 Å². The molecular formula is C15H12Cl3NO3. The molecule has 4 nitrogen and oxygen atoms in total. The summed E-state index contributed by atoms with van der Waals surface area (Å²) in [6, 6.07) is 7.93. The van der Waals surface area contributed by atoms with Crippen molar-refractivity contribution in [3.63, 3.8) is 0 Å². The highest BCUT2D eigenvalue weighted by Gasteiger charge is 2.18. The van der Waals surface area contributed by atoms with Gasteiger partial charge >= 0.3 is 0 Å². The average molecular weight is 361 g/mol. The van der Waals surface area contributed by atoms with Crippen LogP contribution in [0.5, 0.6) is 11.5 Å². The van der Waals surface area contributed by atoms with E-state index in [1.807, 2.05) is 0 Å². The third-order valence-electron chi connectivity index (χ3n) is 2.91. The van der Waals surface area contributed by atoms with Crippen molar-refractivity contribution in [2.75, 3.05) is 19.5 Å². The summed E-state index contributed by atoms with van der Waals surface area (Å²) >= 11 is 18.1. The number of ether oxygens (including phenoxy) is 2. The van der Waals surface area contributed by atoms with Gasteiger partial charge in [0, 0.05) is 6.07 Å². The van der Waals surface area contributed by atoms with Gasteiger partial charge in [-0.25, -0.2) is 0 Å². The van der Waals surface area contributed by atoms with Crippen molar-refractivity contribution >= 4 is 46.4 Å². The molecule has 116 valence electrons. The standard InChI is InChI=1S/C15H12Cl3NO3/c1-21-12-7-13(22-2)11(6-10(12)18)19-15(20)14-8(16)4-3-5-9(14)17/h3-7H,1-2H3,(H,19,20). The number of benzene rings is 2. The minimum absolute atomic E-state index is 0.180. The molecule has 0 unspecified atom stereocenters. The van der Waals surface area contributed by atoms with Crippen LogP contribution in [-0.4, -0.2) is 20.1 Å². The molecule has 2 aromatic rings. The minimum atomic E-state index is -0.463. The van der Waals surface area contributed by atoms with Crippen LogP contribution in [0.1, 0.15) is 10.4 Å². The molecule has 0 aromatic heterocycles. The second-order valence-corrected chi connectivity index (χ2v) is 5.46. The second kappa shape index (κ2) is 7.09. The first-order valence-corrected chi connectivity index (χ1v) is 7.28. The Balaban J connectivity index is 2.38. The summed E-state index contributed by atoms with van der Waals surface area (Å²) in [6.45, 7) is 0. The topological polar surface area (TPSA) is 47.6 Å². The van der Waals surface area contributed by atoms with Gasteiger partial charge in [-0.1, -0.05) is 40.9 Å². The summed E-state index contributed by atoms with van der Waals surface area (Å²) in [6.07, 6.45) is 0. The average Bonchev–Trinajstić information content (AvgIpc) is 2.47. The lowest BCUT2D eigenvalue weighted by molar-refractivity contribution is 0.102. The van der Waals surface area contributed by atoms with Crippen LogP contribution in [0.2, 0.25) is 15.1 Å². The third-order valence-corrected chi connectivity index (χ3v) is 3.84. The van der Waals surface area contributed by atoms with Gasteiger partial charge in [0.2, 0.25) is 0 Å². The van der Waals surface area contributed by atoms with Crippen LogP contribution in [0.15, 0.2) is 30.3 Å². The molecule has 0 saturated carbocycles. The largest absolute Gasteiger partial charge is 0.495 e. The fourth-order valence-electron chi connectivity index (χ4n) is 1.86. The molecule has 22 heavy (non-hydrogen) atoms. The number of nitrogens with one attached hydrogen (secondary N) is 1. The first kappa shape index (κ1) is 16.7. The van der Waals surface area contributed by atoms with Gasteiger partial charge in [0.1, 0.15) is 11.5 Å². The van der Waals surface area contributed by atoms with E-state index < -0.39 is 5.91 Å². The van der Waals surface area contributed by atoms with E-state index in [4.69, 9.17) is 44.3 Å². The number of carbonyl (C=O) groups is 1. The highest BCUT2D eigenvalue weighted by molar-refractivity contribution is 6.40. The molecule has 0 bridgehead atoms. The van der Waals surface area contributed by atoms with Gasteiger partial charge in [0.05, 0.1) is 40.5 Å². The molecule has 1 amide bonds. The normalized spacial score (nSPS) is 10.2. The Morgan fingerprint density at radius 3 is 2.09 bits per heavy atom. The quantitative estimate of drug-likeness (QED) is 0.842. The predicted molar refractivity (Wildman–Crippen MR) is 89.0 cm³/mol. The number of anilines is 1. The van der Waals surface area contributed by atoms with E-state index in [0.717, 1.165) is 0 Å². The van der Waals surface area contributed by atoms with E-state index in [2.05, 4.69) is 5.32 Å². The van der Waals surface area contributed by atoms with Crippen molar-refractivity contribution < 1.29 is 14.3 Å². The summed E-state index contributed by atoms with van der Waals surface area (Å²) in [5.74, 6) is 0.375. The monoisotopic (exact) mass is 359 g/mol. The molecule has 0 aliphatic rings. The molecular weight excluding hydrogens is 349 g/mol. The number of rotatable bonds is 4. The Labute approximate surface area is 142 Å². The molecule has 0 atom stereocenters. The van der Waals surface area contributed by atoms with Crippen molar-refractivity contribution in [2.45, 2.75) is 0 Å². The minimum Gasteiger partial charge on any atom is -0.495 e. The number of carbonyl (C=O) groups excluding carboxylic acids is 1. The van der Waals surface area contributed by atoms with E-state index in [1.54, 1.807) is 24.3 Å². The van der Waals surface area contributed by atoms with E-state index in [1.165, 1.54) is 20.3 Å². The summed E-state index contributed by atoms with van der Waals surface area (Å²) in [4.78, 5) is 12.4. The lowest BCUT2D eigenvalue weighted by Gasteiger charge is -2.14. The van der Waals surface area contributed by atoms with Crippen molar-refractivity contribution in [3.8, 4) is 11.5 Å². The zero-order chi connectivity index (χ0) is 16.3. The molecule has 0 aliphatic heterocycles. The van der Waals surface area contributed by atoms with Gasteiger partial charge in [-0.2, -0.15) is 0 Å². The summed E-state index contributed by atoms with van der Waals surface area (Å²) in [7, 11) is 2.96. The molecule has 2 aromatic carbocycles. The third kappa shape index (κ3) is 3.40. The lowest BCUT2D eigenvalue weighted by atomic mass is 10.2. The Morgan fingerprint density at radius 2 is 1.55 bits per heavy atom. The fourth-order valence-corrected chi connectivity index (χ4v) is 2.67. The first-order valence-electron chi connectivity index (χ1n) is 6.14. The Bertz CT molecular complexity index is 699. The lowest BCUT2D eigenvalue weighted by Crippen LogP contribution is -2.14. The smallest absolute Gasteiger partial charge is 0.258 e. The maximum Gasteiger partial charge on any atom is 0.258 e.